The molecule has 3 rings (SSSR count). The number of rotatable bonds is 8. The molecule has 2 aliphatic rings. The first kappa shape index (κ1) is 22.9. The molecule has 1 unspecified atom stereocenters. The zero-order chi connectivity index (χ0) is 23.1. The SMILES string of the molecule is CCOc1cccc(OCC)c1C(=O)NC1(C(C)=O)C(=O)N2[C@@H](C(=O)O)C(C)(C)S[C@@H]21. The van der Waals surface area contributed by atoms with Crippen LogP contribution in [0.15, 0.2) is 18.2 Å². The smallest absolute Gasteiger partial charge is 0.327 e. The van der Waals surface area contributed by atoms with Crippen molar-refractivity contribution in [1.82, 2.24) is 10.2 Å². The Labute approximate surface area is 184 Å². The van der Waals surface area contributed by atoms with Crippen molar-refractivity contribution < 1.29 is 33.8 Å². The first-order chi connectivity index (χ1) is 14.5. The third kappa shape index (κ3) is 3.42. The van der Waals surface area contributed by atoms with E-state index in [1.807, 2.05) is 0 Å². The summed E-state index contributed by atoms with van der Waals surface area (Å²) in [6.45, 7) is 8.75. The Morgan fingerprint density at radius 1 is 1.16 bits per heavy atom. The first-order valence-electron chi connectivity index (χ1n) is 9.98. The third-order valence-electron chi connectivity index (χ3n) is 5.46. The van der Waals surface area contributed by atoms with Gasteiger partial charge in [0, 0.05) is 4.75 Å². The number of carboxylic acid groups (broad SMARTS) is 1. The van der Waals surface area contributed by atoms with E-state index >= 15 is 0 Å². The van der Waals surface area contributed by atoms with Crippen LogP contribution in [0.4, 0.5) is 0 Å². The van der Waals surface area contributed by atoms with Crippen LogP contribution in [0.1, 0.15) is 45.0 Å². The molecule has 10 heteroatoms. The van der Waals surface area contributed by atoms with Crippen molar-refractivity contribution in [3.8, 4) is 11.5 Å². The number of carbonyl (C=O) groups excluding carboxylic acids is 3. The van der Waals surface area contributed by atoms with Gasteiger partial charge in [0.15, 0.2) is 5.78 Å². The van der Waals surface area contributed by atoms with E-state index in [0.29, 0.717) is 13.2 Å². The van der Waals surface area contributed by atoms with Crippen LogP contribution in [-0.4, -0.2) is 68.5 Å². The van der Waals surface area contributed by atoms with E-state index in [9.17, 15) is 24.3 Å². The molecule has 1 aromatic rings. The number of aliphatic carboxylic acids is 1. The number of fused-ring (bicyclic) bond motifs is 1. The van der Waals surface area contributed by atoms with Crippen molar-refractivity contribution in [1.29, 1.82) is 0 Å². The fraction of sp³-hybridized carbons (Fsp3) is 0.524. The van der Waals surface area contributed by atoms with Crippen LogP contribution >= 0.6 is 11.8 Å². The highest BCUT2D eigenvalue weighted by atomic mass is 32.2. The quantitative estimate of drug-likeness (QED) is 0.453. The summed E-state index contributed by atoms with van der Waals surface area (Å²) in [6.07, 6.45) is 0. The topological polar surface area (TPSA) is 122 Å². The van der Waals surface area contributed by atoms with Gasteiger partial charge in [0.1, 0.15) is 28.5 Å². The van der Waals surface area contributed by atoms with E-state index in [2.05, 4.69) is 5.32 Å². The molecule has 168 valence electrons. The van der Waals surface area contributed by atoms with Crippen LogP contribution in [0, 0.1) is 0 Å². The number of nitrogens with zero attached hydrogens (tertiary/aromatic N) is 1. The van der Waals surface area contributed by atoms with Gasteiger partial charge in [-0.2, -0.15) is 0 Å². The second kappa shape index (κ2) is 8.07. The van der Waals surface area contributed by atoms with Crippen molar-refractivity contribution in [2.75, 3.05) is 13.2 Å². The molecule has 0 spiro atoms. The van der Waals surface area contributed by atoms with E-state index in [1.165, 1.54) is 23.6 Å². The van der Waals surface area contributed by atoms with Gasteiger partial charge in [-0.05, 0) is 46.8 Å². The molecule has 9 nitrogen and oxygen atoms in total. The summed E-state index contributed by atoms with van der Waals surface area (Å²) < 4.78 is 10.3. The summed E-state index contributed by atoms with van der Waals surface area (Å²) in [5.74, 6) is -2.62. The second-order valence-corrected chi connectivity index (χ2v) is 9.57. The zero-order valence-electron chi connectivity index (χ0n) is 18.1. The van der Waals surface area contributed by atoms with Gasteiger partial charge in [-0.1, -0.05) is 6.07 Å². The lowest BCUT2D eigenvalue weighted by molar-refractivity contribution is -0.170. The summed E-state index contributed by atoms with van der Waals surface area (Å²) in [4.78, 5) is 52.2. The lowest BCUT2D eigenvalue weighted by Crippen LogP contribution is -2.82. The molecule has 2 aliphatic heterocycles. The van der Waals surface area contributed by atoms with Crippen LogP contribution in [-0.2, 0) is 14.4 Å². The Morgan fingerprint density at radius 3 is 2.16 bits per heavy atom. The first-order valence-corrected chi connectivity index (χ1v) is 10.9. The highest BCUT2D eigenvalue weighted by molar-refractivity contribution is 8.01. The van der Waals surface area contributed by atoms with E-state index in [-0.39, 0.29) is 17.1 Å². The highest BCUT2D eigenvalue weighted by Crippen LogP contribution is 2.55. The molecule has 0 radical (unpaired) electrons. The Bertz CT molecular complexity index is 923. The molecular formula is C21H26N2O7S. The van der Waals surface area contributed by atoms with Crippen molar-refractivity contribution in [2.45, 2.75) is 56.3 Å². The van der Waals surface area contributed by atoms with Gasteiger partial charge < -0.3 is 24.8 Å². The maximum Gasteiger partial charge on any atom is 0.327 e. The largest absolute Gasteiger partial charge is 0.493 e. The van der Waals surface area contributed by atoms with Gasteiger partial charge in [0.05, 0.1) is 13.2 Å². The number of benzene rings is 1. The Kier molecular flexibility index (Phi) is 5.96. The molecule has 2 fully saturated rings. The van der Waals surface area contributed by atoms with Gasteiger partial charge in [-0.15, -0.1) is 11.8 Å². The molecule has 0 aromatic heterocycles. The number of amides is 2. The van der Waals surface area contributed by atoms with Gasteiger partial charge >= 0.3 is 5.97 Å². The van der Waals surface area contributed by atoms with E-state index in [1.54, 1.807) is 45.9 Å². The van der Waals surface area contributed by atoms with E-state index in [4.69, 9.17) is 9.47 Å². The predicted octanol–water partition coefficient (Wildman–Crippen LogP) is 1.69. The minimum absolute atomic E-state index is 0.0788. The number of ketones is 1. The second-order valence-electron chi connectivity index (χ2n) is 7.84. The number of Topliss-reactive ketones (excluding diaryl/α,β-unsaturated/α-hetero) is 1. The average Bonchev–Trinajstić information content (AvgIpc) is 2.95. The molecular weight excluding hydrogens is 424 g/mol. The fourth-order valence-electron chi connectivity index (χ4n) is 4.12. The number of thioether (sulfide) groups is 1. The summed E-state index contributed by atoms with van der Waals surface area (Å²) in [5, 5.41) is 11.4. The summed E-state index contributed by atoms with van der Waals surface area (Å²) in [6, 6.07) is 3.78. The van der Waals surface area contributed by atoms with Crippen LogP contribution in [0.25, 0.3) is 0 Å². The molecule has 2 heterocycles. The molecule has 2 amide bonds. The lowest BCUT2D eigenvalue weighted by atomic mass is 9.81. The van der Waals surface area contributed by atoms with Crippen molar-refractivity contribution >= 4 is 35.3 Å². The molecule has 2 N–H and O–H groups in total. The number of nitrogens with one attached hydrogen (secondary N) is 1. The van der Waals surface area contributed by atoms with Gasteiger partial charge in [0.25, 0.3) is 11.8 Å². The fourth-order valence-corrected chi connectivity index (χ4v) is 5.87. The Balaban J connectivity index is 2.02. The van der Waals surface area contributed by atoms with Gasteiger partial charge in [-0.25, -0.2) is 4.79 Å². The predicted molar refractivity (Wildman–Crippen MR) is 113 cm³/mol. The van der Waals surface area contributed by atoms with Crippen molar-refractivity contribution in [3.05, 3.63) is 23.8 Å². The minimum atomic E-state index is -1.86. The van der Waals surface area contributed by atoms with Crippen molar-refractivity contribution in [2.24, 2.45) is 0 Å². The van der Waals surface area contributed by atoms with E-state index < -0.39 is 45.3 Å². The zero-order valence-corrected chi connectivity index (χ0v) is 18.9. The number of carboxylic acids is 1. The van der Waals surface area contributed by atoms with Gasteiger partial charge in [0.2, 0.25) is 5.54 Å². The standard InChI is InChI=1S/C21H26N2O7S/c1-6-29-12-9-8-10-13(30-7-2)14(12)16(25)22-21(11(3)24)18(28)23-15(17(26)27)20(4,5)31-19(21)23/h8-10,15,19H,6-7H2,1-5H3,(H,22,25)(H,26,27)/t15-,19+,21?/m0/s1. The normalized spacial score (nSPS) is 26.0. The van der Waals surface area contributed by atoms with Crippen LogP contribution in [0.3, 0.4) is 0 Å². The molecule has 0 aliphatic carbocycles. The molecule has 2 saturated heterocycles. The number of ether oxygens (including phenoxy) is 2. The monoisotopic (exact) mass is 450 g/mol. The maximum atomic E-state index is 13.3. The van der Waals surface area contributed by atoms with E-state index in [0.717, 1.165) is 0 Å². The molecule has 3 atom stereocenters. The number of hydrogen-bond donors (Lipinski definition) is 2. The Morgan fingerprint density at radius 2 is 1.71 bits per heavy atom. The number of carbonyl (C=O) groups is 4. The minimum Gasteiger partial charge on any atom is -0.493 e. The summed E-state index contributed by atoms with van der Waals surface area (Å²) >= 11 is 1.19. The third-order valence-corrected chi connectivity index (χ3v) is 7.10. The lowest BCUT2D eigenvalue weighted by Gasteiger charge is -2.51. The van der Waals surface area contributed by atoms with Gasteiger partial charge in [-0.3, -0.25) is 14.4 Å². The average molecular weight is 451 g/mol. The van der Waals surface area contributed by atoms with Crippen LogP contribution in [0.5, 0.6) is 11.5 Å². The molecule has 0 bridgehead atoms. The number of β-lactam (4-membered cyclic amide) rings is 1. The summed E-state index contributed by atoms with van der Waals surface area (Å²) in [7, 11) is 0. The Hall–Kier alpha value is -2.75. The molecule has 1 aromatic carbocycles. The highest BCUT2D eigenvalue weighted by Gasteiger charge is 2.74. The van der Waals surface area contributed by atoms with Crippen molar-refractivity contribution in [3.63, 3.8) is 0 Å². The maximum absolute atomic E-state index is 13.3. The van der Waals surface area contributed by atoms with Crippen LogP contribution in [0.2, 0.25) is 0 Å². The van der Waals surface area contributed by atoms with Crippen LogP contribution < -0.4 is 14.8 Å². The summed E-state index contributed by atoms with van der Waals surface area (Å²) in [5.41, 5.74) is -1.78. The molecule has 31 heavy (non-hydrogen) atoms. The number of hydrogen-bond acceptors (Lipinski definition) is 7. The molecule has 0 saturated carbocycles.